The molecule has 1 aromatic heterocycles. The summed E-state index contributed by atoms with van der Waals surface area (Å²) < 4.78 is 11.3. The standard InChI is InChI=1S/C16H19NO5/c1-11(21-12(2)18)7-5-6-10-17-15(19)13-8-3-4-9-14(13)22-16(17)20/h3-4,8-9,11H,5-7,10H2,1-2H3/t11-/m1/s1. The highest BCUT2D eigenvalue weighted by molar-refractivity contribution is 5.74. The van der Waals surface area contributed by atoms with Crippen LogP contribution < -0.4 is 11.3 Å². The summed E-state index contributed by atoms with van der Waals surface area (Å²) >= 11 is 0. The Morgan fingerprint density at radius 2 is 2.00 bits per heavy atom. The Labute approximate surface area is 127 Å². The molecule has 0 aliphatic carbocycles. The van der Waals surface area contributed by atoms with E-state index in [1.165, 1.54) is 6.92 Å². The van der Waals surface area contributed by atoms with Crippen LogP contribution in [0.3, 0.4) is 0 Å². The number of ether oxygens (including phenoxy) is 1. The number of hydrogen-bond donors (Lipinski definition) is 0. The second kappa shape index (κ2) is 7.06. The van der Waals surface area contributed by atoms with E-state index in [2.05, 4.69) is 0 Å². The molecule has 0 aliphatic rings. The van der Waals surface area contributed by atoms with E-state index in [9.17, 15) is 14.4 Å². The van der Waals surface area contributed by atoms with Gasteiger partial charge < -0.3 is 9.15 Å². The second-order valence-electron chi connectivity index (χ2n) is 5.24. The zero-order valence-electron chi connectivity index (χ0n) is 12.7. The SMILES string of the molecule is CC(=O)O[C@H](C)CCCCn1c(=O)oc2ccccc2c1=O. The summed E-state index contributed by atoms with van der Waals surface area (Å²) in [6, 6.07) is 6.68. The highest BCUT2D eigenvalue weighted by Gasteiger charge is 2.09. The molecule has 22 heavy (non-hydrogen) atoms. The van der Waals surface area contributed by atoms with E-state index in [-0.39, 0.29) is 17.6 Å². The predicted octanol–water partition coefficient (Wildman–Crippen LogP) is 2.08. The van der Waals surface area contributed by atoms with Crippen molar-refractivity contribution in [3.63, 3.8) is 0 Å². The largest absolute Gasteiger partial charge is 0.463 e. The lowest BCUT2D eigenvalue weighted by Crippen LogP contribution is -2.32. The van der Waals surface area contributed by atoms with E-state index < -0.39 is 5.76 Å². The highest BCUT2D eigenvalue weighted by atomic mass is 16.5. The molecule has 0 amide bonds. The van der Waals surface area contributed by atoms with Crippen LogP contribution in [0.25, 0.3) is 11.0 Å². The molecule has 6 heteroatoms. The summed E-state index contributed by atoms with van der Waals surface area (Å²) in [5.41, 5.74) is -0.0304. The molecule has 0 unspecified atom stereocenters. The minimum Gasteiger partial charge on any atom is -0.463 e. The summed E-state index contributed by atoms with van der Waals surface area (Å²) in [7, 11) is 0. The number of carbonyl (C=O) groups excluding carboxylic acids is 1. The van der Waals surface area contributed by atoms with Gasteiger partial charge in [0.15, 0.2) is 0 Å². The predicted molar refractivity (Wildman–Crippen MR) is 81.8 cm³/mol. The normalized spacial score (nSPS) is 12.3. The van der Waals surface area contributed by atoms with Crippen LogP contribution in [0, 0.1) is 0 Å². The van der Waals surface area contributed by atoms with Crippen LogP contribution >= 0.6 is 0 Å². The van der Waals surface area contributed by atoms with Crippen LogP contribution in [-0.2, 0) is 16.1 Å². The number of unbranched alkanes of at least 4 members (excludes halogenated alkanes) is 1. The summed E-state index contributed by atoms with van der Waals surface area (Å²) in [5.74, 6) is -0.948. The fourth-order valence-corrected chi connectivity index (χ4v) is 2.35. The number of nitrogens with zero attached hydrogens (tertiary/aromatic N) is 1. The lowest BCUT2D eigenvalue weighted by atomic mass is 10.1. The maximum Gasteiger partial charge on any atom is 0.422 e. The molecule has 2 aromatic rings. The van der Waals surface area contributed by atoms with Crippen molar-refractivity contribution < 1.29 is 13.9 Å². The Morgan fingerprint density at radius 1 is 1.27 bits per heavy atom. The minimum absolute atomic E-state index is 0.165. The number of esters is 1. The van der Waals surface area contributed by atoms with Crippen molar-refractivity contribution in [1.29, 1.82) is 0 Å². The van der Waals surface area contributed by atoms with Crippen LogP contribution in [-0.4, -0.2) is 16.6 Å². The molecule has 2 rings (SSSR count). The number of carbonyl (C=O) groups is 1. The molecule has 1 atom stereocenters. The Morgan fingerprint density at radius 3 is 2.73 bits per heavy atom. The molecule has 118 valence electrons. The summed E-state index contributed by atoms with van der Waals surface area (Å²) in [5, 5.41) is 0.399. The van der Waals surface area contributed by atoms with Crippen LogP contribution in [0.5, 0.6) is 0 Å². The van der Waals surface area contributed by atoms with Gasteiger partial charge in [-0.2, -0.15) is 0 Å². The fourth-order valence-electron chi connectivity index (χ4n) is 2.35. The molecule has 0 aliphatic heterocycles. The number of fused-ring (bicyclic) bond motifs is 1. The van der Waals surface area contributed by atoms with Crippen LogP contribution in [0.1, 0.15) is 33.1 Å². The van der Waals surface area contributed by atoms with Crippen molar-refractivity contribution in [3.8, 4) is 0 Å². The third kappa shape index (κ3) is 3.84. The molecular formula is C16H19NO5. The lowest BCUT2D eigenvalue weighted by Gasteiger charge is -2.11. The third-order valence-corrected chi connectivity index (χ3v) is 3.39. The first kappa shape index (κ1) is 16.0. The van der Waals surface area contributed by atoms with Gasteiger partial charge >= 0.3 is 11.7 Å². The highest BCUT2D eigenvalue weighted by Crippen LogP contribution is 2.08. The van der Waals surface area contributed by atoms with Crippen molar-refractivity contribution in [3.05, 3.63) is 45.2 Å². The van der Waals surface area contributed by atoms with Crippen molar-refractivity contribution in [2.45, 2.75) is 45.8 Å². The summed E-state index contributed by atoms with van der Waals surface area (Å²) in [6.45, 7) is 3.48. The van der Waals surface area contributed by atoms with Gasteiger partial charge in [-0.3, -0.25) is 9.59 Å². The molecular weight excluding hydrogens is 286 g/mol. The maximum absolute atomic E-state index is 12.3. The average Bonchev–Trinajstić information content (AvgIpc) is 2.45. The number of rotatable bonds is 6. The molecule has 1 heterocycles. The smallest absolute Gasteiger partial charge is 0.422 e. The molecule has 0 bridgehead atoms. The van der Waals surface area contributed by atoms with Crippen molar-refractivity contribution >= 4 is 16.9 Å². The van der Waals surface area contributed by atoms with Crippen molar-refractivity contribution in [2.24, 2.45) is 0 Å². The van der Waals surface area contributed by atoms with Gasteiger partial charge in [-0.25, -0.2) is 9.36 Å². The van der Waals surface area contributed by atoms with E-state index in [0.29, 0.717) is 30.4 Å². The fraction of sp³-hybridized carbons (Fsp3) is 0.438. The van der Waals surface area contributed by atoms with E-state index >= 15 is 0 Å². The zero-order valence-corrected chi connectivity index (χ0v) is 12.7. The topological polar surface area (TPSA) is 78.5 Å². The maximum atomic E-state index is 12.3. The number of benzene rings is 1. The van der Waals surface area contributed by atoms with Crippen LogP contribution in [0.2, 0.25) is 0 Å². The monoisotopic (exact) mass is 305 g/mol. The number of aromatic nitrogens is 1. The molecule has 1 aromatic carbocycles. The summed E-state index contributed by atoms with van der Waals surface area (Å²) in [6.07, 6.45) is 1.90. The van der Waals surface area contributed by atoms with Crippen molar-refractivity contribution in [2.75, 3.05) is 0 Å². The van der Waals surface area contributed by atoms with Gasteiger partial charge in [-0.15, -0.1) is 0 Å². The third-order valence-electron chi connectivity index (χ3n) is 3.39. The Kier molecular flexibility index (Phi) is 5.14. The lowest BCUT2D eigenvalue weighted by molar-refractivity contribution is -0.145. The first-order chi connectivity index (χ1) is 10.5. The summed E-state index contributed by atoms with van der Waals surface area (Å²) in [4.78, 5) is 34.9. The molecule has 0 N–H and O–H groups in total. The van der Waals surface area contributed by atoms with E-state index in [0.717, 1.165) is 11.0 Å². The van der Waals surface area contributed by atoms with Gasteiger partial charge in [0.1, 0.15) is 5.58 Å². The van der Waals surface area contributed by atoms with Crippen LogP contribution in [0.15, 0.2) is 38.3 Å². The Balaban J connectivity index is 2.02. The quantitative estimate of drug-likeness (QED) is 0.603. The average molecular weight is 305 g/mol. The van der Waals surface area contributed by atoms with Crippen LogP contribution in [0.4, 0.5) is 0 Å². The van der Waals surface area contributed by atoms with Gasteiger partial charge in [-0.1, -0.05) is 12.1 Å². The molecule has 0 radical (unpaired) electrons. The van der Waals surface area contributed by atoms with Gasteiger partial charge in [0.05, 0.1) is 11.5 Å². The van der Waals surface area contributed by atoms with Gasteiger partial charge in [0.2, 0.25) is 0 Å². The van der Waals surface area contributed by atoms with E-state index in [1.807, 2.05) is 6.92 Å². The molecule has 0 spiro atoms. The molecule has 0 saturated carbocycles. The molecule has 0 saturated heterocycles. The van der Waals surface area contributed by atoms with Gasteiger partial charge in [0.25, 0.3) is 5.56 Å². The number of hydrogen-bond acceptors (Lipinski definition) is 5. The van der Waals surface area contributed by atoms with Gasteiger partial charge in [-0.05, 0) is 38.3 Å². The molecule has 0 fully saturated rings. The number of para-hydroxylation sites is 1. The first-order valence-corrected chi connectivity index (χ1v) is 7.29. The minimum atomic E-state index is -0.642. The Bertz CT molecular complexity index is 774. The van der Waals surface area contributed by atoms with Gasteiger partial charge in [0, 0.05) is 13.5 Å². The van der Waals surface area contributed by atoms with Crippen molar-refractivity contribution in [1.82, 2.24) is 4.57 Å². The van der Waals surface area contributed by atoms with E-state index in [4.69, 9.17) is 9.15 Å². The molecule has 6 nitrogen and oxygen atoms in total. The first-order valence-electron chi connectivity index (χ1n) is 7.29. The Hall–Kier alpha value is -2.37. The van der Waals surface area contributed by atoms with E-state index in [1.54, 1.807) is 24.3 Å². The second-order valence-corrected chi connectivity index (χ2v) is 5.24. The zero-order chi connectivity index (χ0) is 16.1.